The summed E-state index contributed by atoms with van der Waals surface area (Å²) in [6.07, 6.45) is 0. The Morgan fingerprint density at radius 3 is 2.41 bits per heavy atom. The molecule has 0 radical (unpaired) electrons. The van der Waals surface area contributed by atoms with E-state index in [0.29, 0.717) is 51.6 Å². The highest BCUT2D eigenvalue weighted by Gasteiger charge is 2.14. The van der Waals surface area contributed by atoms with Crippen LogP contribution in [0.25, 0.3) is 11.5 Å². The number of nitrogens with zero attached hydrogens (tertiary/aromatic N) is 4. The van der Waals surface area contributed by atoms with Crippen molar-refractivity contribution in [1.29, 1.82) is 0 Å². The van der Waals surface area contributed by atoms with Crippen molar-refractivity contribution in [3.63, 3.8) is 0 Å². The SMILES string of the molecule is COc1cccc(OCc2nnc(SCc3nnc(-c4ccc(OC)c(OC)c4)o3)o2)c1. The lowest BCUT2D eigenvalue weighted by Crippen LogP contribution is -1.96. The molecule has 4 rings (SSSR count). The Labute approximate surface area is 187 Å². The van der Waals surface area contributed by atoms with Crippen molar-refractivity contribution in [2.24, 2.45) is 0 Å². The molecule has 2 heterocycles. The van der Waals surface area contributed by atoms with Crippen molar-refractivity contribution in [1.82, 2.24) is 20.4 Å². The van der Waals surface area contributed by atoms with Gasteiger partial charge in [-0.1, -0.05) is 17.8 Å². The van der Waals surface area contributed by atoms with Crippen LogP contribution in [-0.4, -0.2) is 41.7 Å². The maximum Gasteiger partial charge on any atom is 0.277 e. The lowest BCUT2D eigenvalue weighted by atomic mass is 10.2. The number of thioether (sulfide) groups is 1. The van der Waals surface area contributed by atoms with E-state index in [-0.39, 0.29) is 6.61 Å². The van der Waals surface area contributed by atoms with E-state index >= 15 is 0 Å². The molecule has 2 aromatic carbocycles. The average molecular weight is 456 g/mol. The zero-order chi connectivity index (χ0) is 22.3. The van der Waals surface area contributed by atoms with Crippen LogP contribution in [0, 0.1) is 0 Å². The van der Waals surface area contributed by atoms with Gasteiger partial charge in [-0.2, -0.15) is 0 Å². The number of hydrogen-bond donors (Lipinski definition) is 0. The van der Waals surface area contributed by atoms with Gasteiger partial charge in [0.15, 0.2) is 18.1 Å². The minimum absolute atomic E-state index is 0.144. The highest BCUT2D eigenvalue weighted by atomic mass is 32.2. The Kier molecular flexibility index (Phi) is 6.75. The molecule has 0 atom stereocenters. The van der Waals surface area contributed by atoms with Gasteiger partial charge in [-0.3, -0.25) is 0 Å². The molecule has 0 aliphatic heterocycles. The third-order valence-electron chi connectivity index (χ3n) is 4.27. The molecule has 0 saturated carbocycles. The molecule has 0 fully saturated rings. The normalized spacial score (nSPS) is 10.7. The largest absolute Gasteiger partial charge is 0.497 e. The molecule has 11 heteroatoms. The lowest BCUT2D eigenvalue weighted by Gasteiger charge is -2.07. The Balaban J connectivity index is 1.33. The minimum atomic E-state index is 0.144. The van der Waals surface area contributed by atoms with Crippen molar-refractivity contribution in [2.75, 3.05) is 21.3 Å². The molecule has 2 aromatic heterocycles. The molecule has 0 unspecified atom stereocenters. The topological polar surface area (TPSA) is 115 Å². The Morgan fingerprint density at radius 2 is 1.59 bits per heavy atom. The molecule has 0 N–H and O–H groups in total. The first-order valence-electron chi connectivity index (χ1n) is 9.45. The molecule has 0 aliphatic carbocycles. The van der Waals surface area contributed by atoms with E-state index in [9.17, 15) is 0 Å². The quantitative estimate of drug-likeness (QED) is 0.322. The second-order valence-electron chi connectivity index (χ2n) is 6.29. The van der Waals surface area contributed by atoms with Crippen LogP contribution in [0.4, 0.5) is 0 Å². The molecule has 0 aliphatic rings. The first kappa shape index (κ1) is 21.5. The summed E-state index contributed by atoms with van der Waals surface area (Å²) in [5.41, 5.74) is 0.723. The third kappa shape index (κ3) is 5.11. The van der Waals surface area contributed by atoms with Crippen LogP contribution >= 0.6 is 11.8 Å². The number of methoxy groups -OCH3 is 3. The molecular formula is C21H20N4O6S. The number of hydrogen-bond acceptors (Lipinski definition) is 11. The molecule has 0 spiro atoms. The van der Waals surface area contributed by atoms with Gasteiger partial charge in [0.05, 0.1) is 27.1 Å². The fourth-order valence-corrected chi connectivity index (χ4v) is 3.33. The minimum Gasteiger partial charge on any atom is -0.497 e. The maximum atomic E-state index is 5.73. The van der Waals surface area contributed by atoms with Gasteiger partial charge in [0.2, 0.25) is 11.8 Å². The molecular weight excluding hydrogens is 436 g/mol. The summed E-state index contributed by atoms with van der Waals surface area (Å²) in [7, 11) is 4.74. The Morgan fingerprint density at radius 1 is 0.781 bits per heavy atom. The number of benzene rings is 2. The molecule has 166 valence electrons. The van der Waals surface area contributed by atoms with Gasteiger partial charge in [0.25, 0.3) is 11.1 Å². The van der Waals surface area contributed by atoms with Crippen molar-refractivity contribution in [2.45, 2.75) is 17.6 Å². The highest BCUT2D eigenvalue weighted by Crippen LogP contribution is 2.32. The van der Waals surface area contributed by atoms with Crippen LogP contribution < -0.4 is 18.9 Å². The first-order chi connectivity index (χ1) is 15.7. The number of aromatic nitrogens is 4. The third-order valence-corrected chi connectivity index (χ3v) is 5.07. The number of rotatable bonds is 10. The molecule has 0 amide bonds. The van der Waals surface area contributed by atoms with Gasteiger partial charge in [0.1, 0.15) is 11.5 Å². The zero-order valence-electron chi connectivity index (χ0n) is 17.6. The van der Waals surface area contributed by atoms with E-state index in [1.807, 2.05) is 24.3 Å². The summed E-state index contributed by atoms with van der Waals surface area (Å²) in [4.78, 5) is 0. The van der Waals surface area contributed by atoms with E-state index < -0.39 is 0 Å². The summed E-state index contributed by atoms with van der Waals surface area (Å²) in [5, 5.41) is 16.5. The second-order valence-corrected chi connectivity index (χ2v) is 7.22. The first-order valence-corrected chi connectivity index (χ1v) is 10.4. The van der Waals surface area contributed by atoms with Crippen LogP contribution in [0.1, 0.15) is 11.8 Å². The van der Waals surface area contributed by atoms with Crippen LogP contribution in [0.2, 0.25) is 0 Å². The van der Waals surface area contributed by atoms with Crippen LogP contribution in [-0.2, 0) is 12.4 Å². The summed E-state index contributed by atoms with van der Waals surface area (Å²) >= 11 is 1.29. The number of ether oxygens (including phenoxy) is 4. The van der Waals surface area contributed by atoms with Crippen molar-refractivity contribution in [3.05, 3.63) is 54.2 Å². The van der Waals surface area contributed by atoms with Gasteiger partial charge in [-0.15, -0.1) is 20.4 Å². The highest BCUT2D eigenvalue weighted by molar-refractivity contribution is 7.98. The molecule has 10 nitrogen and oxygen atoms in total. The lowest BCUT2D eigenvalue weighted by molar-refractivity contribution is 0.251. The monoisotopic (exact) mass is 456 g/mol. The predicted molar refractivity (Wildman–Crippen MR) is 114 cm³/mol. The summed E-state index contributed by atoms with van der Waals surface area (Å²) < 4.78 is 32.7. The summed E-state index contributed by atoms with van der Waals surface area (Å²) in [5.74, 6) is 4.07. The van der Waals surface area contributed by atoms with Gasteiger partial charge in [-0.25, -0.2) is 0 Å². The smallest absolute Gasteiger partial charge is 0.277 e. The zero-order valence-corrected chi connectivity index (χ0v) is 18.4. The molecule has 32 heavy (non-hydrogen) atoms. The van der Waals surface area contributed by atoms with Gasteiger partial charge in [0, 0.05) is 11.6 Å². The van der Waals surface area contributed by atoms with Gasteiger partial charge < -0.3 is 27.8 Å². The van der Waals surface area contributed by atoms with Crippen molar-refractivity contribution >= 4 is 11.8 Å². The summed E-state index contributed by atoms with van der Waals surface area (Å²) in [6, 6.07) is 12.6. The maximum absolute atomic E-state index is 5.73. The van der Waals surface area contributed by atoms with Gasteiger partial charge >= 0.3 is 0 Å². The molecule has 4 aromatic rings. The fraction of sp³-hybridized carbons (Fsp3) is 0.238. The van der Waals surface area contributed by atoms with E-state index in [4.69, 9.17) is 27.8 Å². The predicted octanol–water partition coefficient (Wildman–Crippen LogP) is 4.02. The van der Waals surface area contributed by atoms with Crippen LogP contribution in [0.3, 0.4) is 0 Å². The average Bonchev–Trinajstić information content (AvgIpc) is 3.50. The fourth-order valence-electron chi connectivity index (χ4n) is 2.71. The van der Waals surface area contributed by atoms with E-state index in [1.54, 1.807) is 39.5 Å². The molecule has 0 bridgehead atoms. The Hall–Kier alpha value is -3.73. The van der Waals surface area contributed by atoms with Gasteiger partial charge in [-0.05, 0) is 30.3 Å². The van der Waals surface area contributed by atoms with E-state index in [1.165, 1.54) is 11.8 Å². The van der Waals surface area contributed by atoms with E-state index in [2.05, 4.69) is 20.4 Å². The standard InChI is InChI=1S/C21H20N4O6S/c1-26-14-5-4-6-15(10-14)29-11-18-22-25-21(31-18)32-12-19-23-24-20(30-19)13-7-8-16(27-2)17(9-13)28-3/h4-10H,11-12H2,1-3H3. The summed E-state index contributed by atoms with van der Waals surface area (Å²) in [6.45, 7) is 0.144. The van der Waals surface area contributed by atoms with Crippen LogP contribution in [0.15, 0.2) is 56.5 Å². The van der Waals surface area contributed by atoms with Crippen molar-refractivity contribution < 1.29 is 27.8 Å². The molecule has 0 saturated heterocycles. The Bertz CT molecular complexity index is 1180. The van der Waals surface area contributed by atoms with Crippen molar-refractivity contribution in [3.8, 4) is 34.5 Å². The van der Waals surface area contributed by atoms with E-state index in [0.717, 1.165) is 5.56 Å². The van der Waals surface area contributed by atoms with Crippen LogP contribution in [0.5, 0.6) is 23.0 Å². The second kappa shape index (κ2) is 10.1.